The Morgan fingerprint density at radius 2 is 2.00 bits per heavy atom. The van der Waals surface area contributed by atoms with Gasteiger partial charge in [0.2, 0.25) is 0 Å². The number of anilines is 1. The van der Waals surface area contributed by atoms with Gasteiger partial charge in [-0.15, -0.1) is 11.3 Å². The Balaban J connectivity index is 1.98. The summed E-state index contributed by atoms with van der Waals surface area (Å²) in [6.45, 7) is 9.17. The first kappa shape index (κ1) is 21.5. The van der Waals surface area contributed by atoms with Crippen molar-refractivity contribution in [2.45, 2.75) is 59.0 Å². The number of nitrogens with one attached hydrogen (secondary N) is 1. The Morgan fingerprint density at radius 1 is 1.28 bits per heavy atom. The Hall–Kier alpha value is -2.18. The van der Waals surface area contributed by atoms with Crippen LogP contribution in [0, 0.1) is 6.92 Å². The number of amides is 1. The number of benzene rings is 1. The van der Waals surface area contributed by atoms with E-state index in [9.17, 15) is 9.59 Å². The molecule has 1 aromatic carbocycles. The smallest absolute Gasteiger partial charge is 0.341 e. The van der Waals surface area contributed by atoms with E-state index in [0.717, 1.165) is 28.8 Å². The van der Waals surface area contributed by atoms with Gasteiger partial charge in [0.1, 0.15) is 16.7 Å². The second-order valence-electron chi connectivity index (χ2n) is 7.64. The van der Waals surface area contributed by atoms with Gasteiger partial charge >= 0.3 is 5.97 Å². The Morgan fingerprint density at radius 3 is 2.59 bits per heavy atom. The SMILES string of the molecule is CCCOC(=O)c1c(NC(=O)C2CCCO2)sc(C)c1-c1ccc(C(C)C)cc1. The van der Waals surface area contributed by atoms with Crippen molar-refractivity contribution in [3.63, 3.8) is 0 Å². The van der Waals surface area contributed by atoms with E-state index in [4.69, 9.17) is 9.47 Å². The highest BCUT2D eigenvalue weighted by molar-refractivity contribution is 7.17. The predicted octanol–water partition coefficient (Wildman–Crippen LogP) is 5.53. The number of carbonyl (C=O) groups excluding carboxylic acids is 2. The van der Waals surface area contributed by atoms with Gasteiger partial charge in [0.05, 0.1) is 6.61 Å². The van der Waals surface area contributed by atoms with Crippen LogP contribution < -0.4 is 5.32 Å². The van der Waals surface area contributed by atoms with Crippen molar-refractivity contribution in [2.24, 2.45) is 0 Å². The fourth-order valence-electron chi connectivity index (χ4n) is 3.45. The summed E-state index contributed by atoms with van der Waals surface area (Å²) in [6.07, 6.45) is 1.87. The fourth-order valence-corrected chi connectivity index (χ4v) is 4.52. The van der Waals surface area contributed by atoms with Crippen LogP contribution in [0.15, 0.2) is 24.3 Å². The van der Waals surface area contributed by atoms with Crippen molar-refractivity contribution >= 4 is 28.2 Å². The molecule has 5 nitrogen and oxygen atoms in total. The zero-order valence-corrected chi connectivity index (χ0v) is 18.4. The lowest BCUT2D eigenvalue weighted by molar-refractivity contribution is -0.124. The first-order chi connectivity index (χ1) is 13.9. The molecule has 156 valence electrons. The highest BCUT2D eigenvalue weighted by atomic mass is 32.1. The van der Waals surface area contributed by atoms with Crippen molar-refractivity contribution in [1.29, 1.82) is 0 Å². The van der Waals surface area contributed by atoms with Crippen molar-refractivity contribution in [1.82, 2.24) is 0 Å². The molecule has 1 saturated heterocycles. The molecule has 29 heavy (non-hydrogen) atoms. The Kier molecular flexibility index (Phi) is 7.09. The summed E-state index contributed by atoms with van der Waals surface area (Å²) < 4.78 is 10.9. The van der Waals surface area contributed by atoms with Gasteiger partial charge in [-0.25, -0.2) is 4.79 Å². The number of carbonyl (C=O) groups is 2. The zero-order chi connectivity index (χ0) is 21.0. The van der Waals surface area contributed by atoms with Crippen molar-refractivity contribution in [2.75, 3.05) is 18.5 Å². The van der Waals surface area contributed by atoms with E-state index in [2.05, 4.69) is 31.3 Å². The van der Waals surface area contributed by atoms with Gasteiger partial charge < -0.3 is 14.8 Å². The molecule has 1 atom stereocenters. The van der Waals surface area contributed by atoms with Gasteiger partial charge in [-0.3, -0.25) is 4.79 Å². The van der Waals surface area contributed by atoms with Crippen LogP contribution in [-0.4, -0.2) is 31.2 Å². The third kappa shape index (κ3) is 4.87. The second kappa shape index (κ2) is 9.55. The molecule has 1 aromatic heterocycles. The standard InChI is InChI=1S/C23H29NO4S/c1-5-12-28-23(26)20-19(17-10-8-16(9-11-17)14(2)3)15(4)29-22(20)24-21(25)18-7-6-13-27-18/h8-11,14,18H,5-7,12-13H2,1-4H3,(H,24,25). The summed E-state index contributed by atoms with van der Waals surface area (Å²) in [6, 6.07) is 8.24. The van der Waals surface area contributed by atoms with Crippen LogP contribution in [0.3, 0.4) is 0 Å². The number of thiophene rings is 1. The number of hydrogen-bond acceptors (Lipinski definition) is 5. The third-order valence-electron chi connectivity index (χ3n) is 5.05. The third-order valence-corrected chi connectivity index (χ3v) is 6.07. The number of hydrogen-bond donors (Lipinski definition) is 1. The van der Waals surface area contributed by atoms with E-state index in [0.29, 0.717) is 36.1 Å². The molecule has 0 bridgehead atoms. The minimum Gasteiger partial charge on any atom is -0.462 e. The van der Waals surface area contributed by atoms with E-state index < -0.39 is 12.1 Å². The lowest BCUT2D eigenvalue weighted by Gasteiger charge is -2.12. The van der Waals surface area contributed by atoms with E-state index in [1.807, 2.05) is 26.0 Å². The quantitative estimate of drug-likeness (QED) is 0.604. The molecule has 6 heteroatoms. The molecule has 2 heterocycles. The number of esters is 1. The van der Waals surface area contributed by atoms with Gasteiger partial charge in [-0.1, -0.05) is 45.0 Å². The first-order valence-corrected chi connectivity index (χ1v) is 11.1. The molecular formula is C23H29NO4S. The van der Waals surface area contributed by atoms with Gasteiger partial charge in [0.25, 0.3) is 5.91 Å². The van der Waals surface area contributed by atoms with Crippen LogP contribution in [0.1, 0.15) is 66.8 Å². The van der Waals surface area contributed by atoms with Crippen molar-refractivity contribution in [3.05, 3.63) is 40.3 Å². The highest BCUT2D eigenvalue weighted by Crippen LogP contribution is 2.41. The van der Waals surface area contributed by atoms with E-state index >= 15 is 0 Å². The molecule has 1 fully saturated rings. The lowest BCUT2D eigenvalue weighted by atomic mass is 9.97. The van der Waals surface area contributed by atoms with Gasteiger partial charge in [0.15, 0.2) is 0 Å². The summed E-state index contributed by atoms with van der Waals surface area (Å²) in [5.41, 5.74) is 3.45. The van der Waals surface area contributed by atoms with Crippen LogP contribution >= 0.6 is 11.3 Å². The number of ether oxygens (including phenoxy) is 2. The van der Waals surface area contributed by atoms with Crippen LogP contribution in [-0.2, 0) is 14.3 Å². The van der Waals surface area contributed by atoms with E-state index in [1.165, 1.54) is 16.9 Å². The second-order valence-corrected chi connectivity index (χ2v) is 8.87. The monoisotopic (exact) mass is 415 g/mol. The average molecular weight is 416 g/mol. The van der Waals surface area contributed by atoms with Crippen LogP contribution in [0.2, 0.25) is 0 Å². The summed E-state index contributed by atoms with van der Waals surface area (Å²) in [7, 11) is 0. The summed E-state index contributed by atoms with van der Waals surface area (Å²) >= 11 is 1.41. The molecule has 0 radical (unpaired) electrons. The Labute approximate surface area is 176 Å². The molecule has 1 N–H and O–H groups in total. The minimum absolute atomic E-state index is 0.199. The molecule has 0 aliphatic carbocycles. The Bertz CT molecular complexity index is 864. The normalized spacial score (nSPS) is 16.2. The van der Waals surface area contributed by atoms with Gasteiger partial charge in [-0.2, -0.15) is 0 Å². The molecule has 0 spiro atoms. The van der Waals surface area contributed by atoms with Crippen LogP contribution in [0.4, 0.5) is 5.00 Å². The predicted molar refractivity (Wildman–Crippen MR) is 117 cm³/mol. The zero-order valence-electron chi connectivity index (χ0n) is 17.5. The first-order valence-electron chi connectivity index (χ1n) is 10.3. The van der Waals surface area contributed by atoms with Gasteiger partial charge in [-0.05, 0) is 43.2 Å². The molecule has 1 amide bonds. The molecule has 3 rings (SSSR count). The van der Waals surface area contributed by atoms with E-state index in [1.54, 1.807) is 0 Å². The summed E-state index contributed by atoms with van der Waals surface area (Å²) in [5, 5.41) is 3.46. The van der Waals surface area contributed by atoms with E-state index in [-0.39, 0.29) is 5.91 Å². The molecule has 1 unspecified atom stereocenters. The average Bonchev–Trinajstić information content (AvgIpc) is 3.34. The lowest BCUT2D eigenvalue weighted by Crippen LogP contribution is -2.27. The summed E-state index contributed by atoms with van der Waals surface area (Å²) in [4.78, 5) is 26.5. The largest absolute Gasteiger partial charge is 0.462 e. The molecular weight excluding hydrogens is 386 g/mol. The van der Waals surface area contributed by atoms with Crippen molar-refractivity contribution < 1.29 is 19.1 Å². The number of rotatable bonds is 7. The van der Waals surface area contributed by atoms with Crippen molar-refractivity contribution in [3.8, 4) is 11.1 Å². The molecule has 2 aromatic rings. The minimum atomic E-state index is -0.453. The fraction of sp³-hybridized carbons (Fsp3) is 0.478. The van der Waals surface area contributed by atoms with Crippen LogP contribution in [0.25, 0.3) is 11.1 Å². The maximum absolute atomic E-state index is 12.9. The maximum Gasteiger partial charge on any atom is 0.341 e. The molecule has 1 aliphatic rings. The maximum atomic E-state index is 12.9. The molecule has 0 saturated carbocycles. The molecule has 1 aliphatic heterocycles. The number of aryl methyl sites for hydroxylation is 1. The summed E-state index contributed by atoms with van der Waals surface area (Å²) in [5.74, 6) is -0.167. The highest BCUT2D eigenvalue weighted by Gasteiger charge is 2.29. The van der Waals surface area contributed by atoms with Gasteiger partial charge in [0, 0.05) is 17.0 Å². The topological polar surface area (TPSA) is 64.6 Å². The van der Waals surface area contributed by atoms with Crippen LogP contribution in [0.5, 0.6) is 0 Å².